The third-order valence-electron chi connectivity index (χ3n) is 1.39. The molecular formula is C5H3ClN2O2S2. The molecule has 0 radical (unpaired) electrons. The highest BCUT2D eigenvalue weighted by atomic mass is 35.7. The van der Waals surface area contributed by atoms with E-state index < -0.39 is 9.05 Å². The van der Waals surface area contributed by atoms with E-state index in [0.717, 1.165) is 0 Å². The van der Waals surface area contributed by atoms with Gasteiger partial charge in [-0.3, -0.25) is 0 Å². The summed E-state index contributed by atoms with van der Waals surface area (Å²) in [7, 11) is 1.52. The lowest BCUT2D eigenvalue weighted by molar-refractivity contribution is 0.610. The number of H-pyrrole nitrogens is 1. The van der Waals surface area contributed by atoms with E-state index in [1.165, 1.54) is 17.5 Å². The van der Waals surface area contributed by atoms with Crippen LogP contribution < -0.4 is 0 Å². The summed E-state index contributed by atoms with van der Waals surface area (Å²) in [5.74, 6) is 0. The topological polar surface area (TPSA) is 62.8 Å². The first kappa shape index (κ1) is 8.03. The molecule has 2 aromatic rings. The monoisotopic (exact) mass is 222 g/mol. The van der Waals surface area contributed by atoms with E-state index in [0.29, 0.717) is 10.3 Å². The zero-order valence-electron chi connectivity index (χ0n) is 5.61. The highest BCUT2D eigenvalue weighted by Crippen LogP contribution is 2.27. The van der Waals surface area contributed by atoms with Gasteiger partial charge in [-0.25, -0.2) is 13.4 Å². The molecule has 0 saturated carbocycles. The largest absolute Gasteiger partial charge is 0.344 e. The lowest BCUT2D eigenvalue weighted by Gasteiger charge is -1.86. The molecule has 2 heterocycles. The van der Waals surface area contributed by atoms with Gasteiger partial charge in [0.1, 0.15) is 10.5 Å². The molecule has 0 amide bonds. The van der Waals surface area contributed by atoms with Crippen LogP contribution in [0.2, 0.25) is 0 Å². The summed E-state index contributed by atoms with van der Waals surface area (Å²) >= 11 is 1.24. The van der Waals surface area contributed by atoms with Gasteiger partial charge in [-0.2, -0.15) is 0 Å². The van der Waals surface area contributed by atoms with E-state index in [9.17, 15) is 8.42 Å². The third-order valence-corrected chi connectivity index (χ3v) is 3.73. The minimum absolute atomic E-state index is 0.0988. The number of hydrogen-bond acceptors (Lipinski definition) is 4. The number of halogens is 1. The van der Waals surface area contributed by atoms with Crippen molar-refractivity contribution in [3.05, 3.63) is 11.7 Å². The van der Waals surface area contributed by atoms with Crippen LogP contribution in [0.4, 0.5) is 0 Å². The van der Waals surface area contributed by atoms with Gasteiger partial charge >= 0.3 is 0 Å². The van der Waals surface area contributed by atoms with Gasteiger partial charge in [-0.1, -0.05) is 0 Å². The van der Waals surface area contributed by atoms with Gasteiger partial charge < -0.3 is 4.98 Å². The number of nitrogens with zero attached hydrogens (tertiary/aromatic N) is 1. The Hall–Kier alpha value is -0.590. The Morgan fingerprint density at radius 1 is 1.58 bits per heavy atom. The predicted molar refractivity (Wildman–Crippen MR) is 47.0 cm³/mol. The molecule has 0 aromatic carbocycles. The SMILES string of the molecule is O=S(=O)(Cl)c1c[nH]c2ncsc12. The molecule has 0 atom stereocenters. The molecule has 0 saturated heterocycles. The summed E-state index contributed by atoms with van der Waals surface area (Å²) in [5.41, 5.74) is 2.12. The lowest BCUT2D eigenvalue weighted by Crippen LogP contribution is -1.85. The summed E-state index contributed by atoms with van der Waals surface area (Å²) in [4.78, 5) is 6.70. The Labute approximate surface area is 76.6 Å². The van der Waals surface area contributed by atoms with Crippen molar-refractivity contribution < 1.29 is 8.42 Å². The molecule has 64 valence electrons. The molecule has 0 aliphatic heterocycles. The molecule has 2 aromatic heterocycles. The Kier molecular flexibility index (Phi) is 1.64. The summed E-state index contributed by atoms with van der Waals surface area (Å²) in [5, 5.41) is 0. The molecule has 12 heavy (non-hydrogen) atoms. The first-order valence-corrected chi connectivity index (χ1v) is 6.13. The molecule has 4 nitrogen and oxygen atoms in total. The van der Waals surface area contributed by atoms with Crippen molar-refractivity contribution in [3.63, 3.8) is 0 Å². The highest BCUT2D eigenvalue weighted by molar-refractivity contribution is 8.14. The average Bonchev–Trinajstić information content (AvgIpc) is 2.37. The third kappa shape index (κ3) is 1.12. The Morgan fingerprint density at radius 2 is 2.33 bits per heavy atom. The fraction of sp³-hybridized carbons (Fsp3) is 0. The second-order valence-electron chi connectivity index (χ2n) is 2.12. The Morgan fingerprint density at radius 3 is 3.00 bits per heavy atom. The zero-order valence-corrected chi connectivity index (χ0v) is 8.00. The van der Waals surface area contributed by atoms with Crippen molar-refractivity contribution in [2.45, 2.75) is 4.90 Å². The molecule has 7 heteroatoms. The van der Waals surface area contributed by atoms with Crippen molar-refractivity contribution in [2.75, 3.05) is 0 Å². The zero-order chi connectivity index (χ0) is 8.77. The predicted octanol–water partition coefficient (Wildman–Crippen LogP) is 1.55. The molecule has 0 bridgehead atoms. The van der Waals surface area contributed by atoms with Gasteiger partial charge in [0.05, 0.1) is 10.2 Å². The fourth-order valence-electron chi connectivity index (χ4n) is 0.904. The van der Waals surface area contributed by atoms with E-state index in [-0.39, 0.29) is 4.90 Å². The highest BCUT2D eigenvalue weighted by Gasteiger charge is 2.17. The molecule has 1 N–H and O–H groups in total. The van der Waals surface area contributed by atoms with Gasteiger partial charge in [0.15, 0.2) is 0 Å². The first-order chi connectivity index (χ1) is 5.59. The van der Waals surface area contributed by atoms with Crippen molar-refractivity contribution in [1.29, 1.82) is 0 Å². The number of thiazole rings is 1. The van der Waals surface area contributed by atoms with Crippen molar-refractivity contribution >= 4 is 41.4 Å². The first-order valence-electron chi connectivity index (χ1n) is 2.94. The van der Waals surface area contributed by atoms with Crippen LogP contribution >= 0.6 is 22.0 Å². The minimum Gasteiger partial charge on any atom is -0.344 e. The Bertz CT molecular complexity index is 512. The van der Waals surface area contributed by atoms with Gasteiger partial charge in [0, 0.05) is 16.9 Å². The average molecular weight is 223 g/mol. The normalized spacial score (nSPS) is 12.4. The lowest BCUT2D eigenvalue weighted by atomic mass is 10.6. The van der Waals surface area contributed by atoms with E-state index in [2.05, 4.69) is 9.97 Å². The van der Waals surface area contributed by atoms with Gasteiger partial charge in [0.25, 0.3) is 9.05 Å². The quantitative estimate of drug-likeness (QED) is 0.745. The molecule has 2 rings (SSSR count). The van der Waals surface area contributed by atoms with Crippen LogP contribution in [0.5, 0.6) is 0 Å². The second-order valence-corrected chi connectivity index (χ2v) is 5.51. The number of rotatable bonds is 1. The maximum Gasteiger partial charge on any atom is 0.264 e. The number of aromatic amines is 1. The maximum absolute atomic E-state index is 10.9. The van der Waals surface area contributed by atoms with Crippen molar-refractivity contribution in [1.82, 2.24) is 9.97 Å². The van der Waals surface area contributed by atoms with Crippen LogP contribution in [0.25, 0.3) is 10.3 Å². The smallest absolute Gasteiger partial charge is 0.264 e. The van der Waals surface area contributed by atoms with Crippen LogP contribution in [0.1, 0.15) is 0 Å². The van der Waals surface area contributed by atoms with Gasteiger partial charge in [0.2, 0.25) is 0 Å². The molecule has 0 fully saturated rings. The summed E-state index contributed by atoms with van der Waals surface area (Å²) in [6, 6.07) is 0. The van der Waals surface area contributed by atoms with Crippen LogP contribution in [-0.2, 0) is 9.05 Å². The summed E-state index contributed by atoms with van der Waals surface area (Å²) < 4.78 is 22.4. The molecule has 0 unspecified atom stereocenters. The van der Waals surface area contributed by atoms with E-state index in [4.69, 9.17) is 10.7 Å². The number of nitrogens with one attached hydrogen (secondary N) is 1. The van der Waals surface area contributed by atoms with Gasteiger partial charge in [-0.15, -0.1) is 11.3 Å². The molecule has 0 aliphatic rings. The van der Waals surface area contributed by atoms with Crippen LogP contribution in [0, 0.1) is 0 Å². The van der Waals surface area contributed by atoms with E-state index >= 15 is 0 Å². The summed E-state index contributed by atoms with van der Waals surface area (Å²) in [6.45, 7) is 0. The van der Waals surface area contributed by atoms with Crippen LogP contribution in [0.15, 0.2) is 16.6 Å². The van der Waals surface area contributed by atoms with E-state index in [1.54, 1.807) is 5.51 Å². The van der Waals surface area contributed by atoms with Crippen molar-refractivity contribution in [2.24, 2.45) is 0 Å². The minimum atomic E-state index is -3.64. The Balaban J connectivity index is 2.87. The summed E-state index contributed by atoms with van der Waals surface area (Å²) in [6.07, 6.45) is 1.34. The number of fused-ring (bicyclic) bond motifs is 1. The van der Waals surface area contributed by atoms with Crippen molar-refractivity contribution in [3.8, 4) is 0 Å². The second kappa shape index (κ2) is 2.45. The number of hydrogen-bond donors (Lipinski definition) is 1. The standard InChI is InChI=1S/C5H3ClN2O2S2/c6-12(9,10)3-1-7-5-4(3)11-2-8-5/h1-2,7H. The number of aromatic nitrogens is 2. The fourth-order valence-corrected chi connectivity index (χ4v) is 3.06. The molecule has 0 aliphatic carbocycles. The van der Waals surface area contributed by atoms with Crippen LogP contribution in [-0.4, -0.2) is 18.4 Å². The maximum atomic E-state index is 10.9. The van der Waals surface area contributed by atoms with E-state index in [1.807, 2.05) is 0 Å². The van der Waals surface area contributed by atoms with Crippen LogP contribution in [0.3, 0.4) is 0 Å². The molecular weight excluding hydrogens is 220 g/mol. The van der Waals surface area contributed by atoms with Gasteiger partial charge in [-0.05, 0) is 0 Å². The molecule has 0 spiro atoms.